The SMILES string of the molecule is Cc1ccc([C@@H]2Nc3c(cccc3C(F)(F)F)[C@H]3C=CC[C@H]32)cc1. The number of allylic oxidation sites excluding steroid dienone is 2. The molecule has 1 heterocycles. The number of fused-ring (bicyclic) bond motifs is 3. The summed E-state index contributed by atoms with van der Waals surface area (Å²) in [6.07, 6.45) is 0.677. The molecule has 1 aliphatic heterocycles. The predicted molar refractivity (Wildman–Crippen MR) is 89.0 cm³/mol. The van der Waals surface area contributed by atoms with Gasteiger partial charge in [-0.2, -0.15) is 13.2 Å². The first-order chi connectivity index (χ1) is 11.4. The van der Waals surface area contributed by atoms with Crippen LogP contribution in [0.25, 0.3) is 0 Å². The molecule has 0 amide bonds. The number of rotatable bonds is 1. The summed E-state index contributed by atoms with van der Waals surface area (Å²) in [5, 5.41) is 3.22. The fourth-order valence-corrected chi connectivity index (χ4v) is 3.96. The van der Waals surface area contributed by atoms with E-state index >= 15 is 0 Å². The lowest BCUT2D eigenvalue weighted by atomic mass is 9.76. The fourth-order valence-electron chi connectivity index (χ4n) is 3.96. The van der Waals surface area contributed by atoms with Gasteiger partial charge in [0.15, 0.2) is 0 Å². The standard InChI is InChI=1S/C20H18F3N/c1-12-8-10-13(11-9-12)18-15-5-2-4-14(15)16-6-3-7-17(19(16)24-18)20(21,22)23/h2-4,6-11,14-15,18,24H,5H2,1H3/t14-,15+,18-/m0/s1. The second-order valence-corrected chi connectivity index (χ2v) is 6.65. The maximum atomic E-state index is 13.4. The molecule has 0 fully saturated rings. The van der Waals surface area contributed by atoms with Gasteiger partial charge in [-0.1, -0.05) is 54.1 Å². The molecule has 2 aliphatic rings. The molecule has 24 heavy (non-hydrogen) atoms. The van der Waals surface area contributed by atoms with Crippen molar-refractivity contribution in [1.29, 1.82) is 0 Å². The second kappa shape index (κ2) is 5.40. The van der Waals surface area contributed by atoms with Crippen LogP contribution in [0.3, 0.4) is 0 Å². The topological polar surface area (TPSA) is 12.0 Å². The van der Waals surface area contributed by atoms with Gasteiger partial charge in [-0.15, -0.1) is 0 Å². The molecular weight excluding hydrogens is 311 g/mol. The number of hydrogen-bond donors (Lipinski definition) is 1. The maximum Gasteiger partial charge on any atom is 0.418 e. The number of anilines is 1. The van der Waals surface area contributed by atoms with Gasteiger partial charge in [-0.3, -0.25) is 0 Å². The average molecular weight is 329 g/mol. The van der Waals surface area contributed by atoms with Crippen molar-refractivity contribution in [2.24, 2.45) is 5.92 Å². The van der Waals surface area contributed by atoms with E-state index in [0.717, 1.165) is 29.2 Å². The first-order valence-electron chi connectivity index (χ1n) is 8.15. The van der Waals surface area contributed by atoms with Gasteiger partial charge < -0.3 is 5.32 Å². The number of hydrogen-bond acceptors (Lipinski definition) is 1. The summed E-state index contributed by atoms with van der Waals surface area (Å²) in [7, 11) is 0. The van der Waals surface area contributed by atoms with Gasteiger partial charge in [0.05, 0.1) is 17.3 Å². The van der Waals surface area contributed by atoms with Crippen LogP contribution < -0.4 is 5.32 Å². The van der Waals surface area contributed by atoms with Crippen LogP contribution in [0.4, 0.5) is 18.9 Å². The third-order valence-corrected chi connectivity index (χ3v) is 5.14. The van der Waals surface area contributed by atoms with Crippen molar-refractivity contribution in [2.75, 3.05) is 5.32 Å². The number of aryl methyl sites for hydroxylation is 1. The third-order valence-electron chi connectivity index (χ3n) is 5.14. The van der Waals surface area contributed by atoms with Crippen LogP contribution >= 0.6 is 0 Å². The molecule has 4 heteroatoms. The molecule has 0 unspecified atom stereocenters. The molecule has 1 N–H and O–H groups in total. The maximum absolute atomic E-state index is 13.4. The monoisotopic (exact) mass is 329 g/mol. The minimum absolute atomic E-state index is 0.0369. The summed E-state index contributed by atoms with van der Waals surface area (Å²) >= 11 is 0. The van der Waals surface area contributed by atoms with Crippen LogP contribution in [0.1, 0.15) is 40.6 Å². The van der Waals surface area contributed by atoms with E-state index in [1.807, 2.05) is 37.3 Å². The van der Waals surface area contributed by atoms with Crippen LogP contribution in [0.5, 0.6) is 0 Å². The van der Waals surface area contributed by atoms with Crippen LogP contribution in [-0.4, -0.2) is 0 Å². The van der Waals surface area contributed by atoms with Gasteiger partial charge >= 0.3 is 6.18 Å². The Labute approximate surface area is 139 Å². The van der Waals surface area contributed by atoms with E-state index in [-0.39, 0.29) is 23.6 Å². The van der Waals surface area contributed by atoms with Crippen molar-refractivity contribution in [1.82, 2.24) is 0 Å². The lowest BCUT2D eigenvalue weighted by Crippen LogP contribution is -2.30. The summed E-state index contributed by atoms with van der Waals surface area (Å²) in [5.74, 6) is 0.290. The summed E-state index contributed by atoms with van der Waals surface area (Å²) in [5.41, 5.74) is 2.61. The van der Waals surface area contributed by atoms with Gasteiger partial charge in [0.25, 0.3) is 0 Å². The molecule has 1 aliphatic carbocycles. The summed E-state index contributed by atoms with van der Waals surface area (Å²) < 4.78 is 40.3. The molecule has 0 bridgehead atoms. The molecule has 0 saturated heterocycles. The molecule has 4 rings (SSSR count). The molecule has 0 spiro atoms. The Kier molecular flexibility index (Phi) is 3.44. The smallest absolute Gasteiger partial charge is 0.377 e. The fraction of sp³-hybridized carbons (Fsp3) is 0.300. The van der Waals surface area contributed by atoms with Crippen LogP contribution in [0, 0.1) is 12.8 Å². The van der Waals surface area contributed by atoms with Gasteiger partial charge in [-0.25, -0.2) is 0 Å². The van der Waals surface area contributed by atoms with Crippen LogP contribution in [-0.2, 0) is 6.18 Å². The Morgan fingerprint density at radius 3 is 2.50 bits per heavy atom. The molecule has 2 aromatic rings. The second-order valence-electron chi connectivity index (χ2n) is 6.65. The molecule has 2 aromatic carbocycles. The van der Waals surface area contributed by atoms with Crippen LogP contribution in [0.2, 0.25) is 0 Å². The minimum Gasteiger partial charge on any atom is -0.377 e. The largest absolute Gasteiger partial charge is 0.418 e. The van der Waals surface area contributed by atoms with E-state index < -0.39 is 11.7 Å². The molecule has 0 aromatic heterocycles. The predicted octanol–water partition coefficient (Wildman–Crippen LogP) is 5.84. The summed E-state index contributed by atoms with van der Waals surface area (Å²) in [6, 6.07) is 12.4. The Morgan fingerprint density at radius 1 is 1.04 bits per heavy atom. The zero-order valence-electron chi connectivity index (χ0n) is 13.3. The molecular formula is C20H18F3N. The van der Waals surface area contributed by atoms with E-state index in [4.69, 9.17) is 0 Å². The quantitative estimate of drug-likeness (QED) is 0.648. The Hall–Kier alpha value is -2.23. The third kappa shape index (κ3) is 2.41. The molecule has 1 nitrogen and oxygen atoms in total. The highest BCUT2D eigenvalue weighted by Gasteiger charge is 2.42. The van der Waals surface area contributed by atoms with Crippen molar-refractivity contribution >= 4 is 5.69 Å². The van der Waals surface area contributed by atoms with Crippen molar-refractivity contribution in [3.63, 3.8) is 0 Å². The minimum atomic E-state index is -4.36. The van der Waals surface area contributed by atoms with Crippen molar-refractivity contribution in [3.8, 4) is 0 Å². The lowest BCUT2D eigenvalue weighted by molar-refractivity contribution is -0.137. The van der Waals surface area contributed by atoms with Crippen LogP contribution in [0.15, 0.2) is 54.6 Å². The van der Waals surface area contributed by atoms with Gasteiger partial charge in [-0.05, 0) is 36.5 Å². The molecule has 0 saturated carbocycles. The van der Waals surface area contributed by atoms with E-state index in [1.165, 1.54) is 6.07 Å². The van der Waals surface area contributed by atoms with E-state index in [0.29, 0.717) is 0 Å². The Balaban J connectivity index is 1.84. The van der Waals surface area contributed by atoms with Crippen molar-refractivity contribution in [3.05, 3.63) is 76.9 Å². The number of halogens is 3. The number of para-hydroxylation sites is 1. The zero-order chi connectivity index (χ0) is 16.9. The highest BCUT2D eigenvalue weighted by molar-refractivity contribution is 5.65. The van der Waals surface area contributed by atoms with E-state index in [2.05, 4.69) is 17.5 Å². The van der Waals surface area contributed by atoms with E-state index in [9.17, 15) is 13.2 Å². The zero-order valence-corrected chi connectivity index (χ0v) is 13.3. The first kappa shape index (κ1) is 15.3. The van der Waals surface area contributed by atoms with Gasteiger partial charge in [0.2, 0.25) is 0 Å². The number of benzene rings is 2. The van der Waals surface area contributed by atoms with E-state index in [1.54, 1.807) is 0 Å². The summed E-state index contributed by atoms with van der Waals surface area (Å²) in [4.78, 5) is 0. The molecule has 0 radical (unpaired) electrons. The summed E-state index contributed by atoms with van der Waals surface area (Å²) in [6.45, 7) is 2.01. The molecule has 3 atom stereocenters. The van der Waals surface area contributed by atoms with Gasteiger partial charge in [0.1, 0.15) is 0 Å². The Morgan fingerprint density at radius 2 is 1.79 bits per heavy atom. The van der Waals surface area contributed by atoms with Crippen molar-refractivity contribution in [2.45, 2.75) is 31.5 Å². The molecule has 124 valence electrons. The van der Waals surface area contributed by atoms with Gasteiger partial charge in [0, 0.05) is 5.92 Å². The average Bonchev–Trinajstić information content (AvgIpc) is 3.03. The highest BCUT2D eigenvalue weighted by atomic mass is 19.4. The first-order valence-corrected chi connectivity index (χ1v) is 8.15. The normalized spacial score (nSPS) is 25.1. The Bertz CT molecular complexity index is 790. The highest BCUT2D eigenvalue weighted by Crippen LogP contribution is 2.52. The van der Waals surface area contributed by atoms with Crippen molar-refractivity contribution < 1.29 is 13.2 Å². The lowest BCUT2D eigenvalue weighted by Gasteiger charge is -2.38. The number of nitrogens with one attached hydrogen (secondary N) is 1. The number of alkyl halides is 3.